The van der Waals surface area contributed by atoms with Crippen molar-refractivity contribution in [1.29, 1.82) is 0 Å². The van der Waals surface area contributed by atoms with Crippen molar-refractivity contribution >= 4 is 5.91 Å². The lowest BCUT2D eigenvalue weighted by Crippen LogP contribution is -2.58. The van der Waals surface area contributed by atoms with E-state index in [2.05, 4.69) is 23.6 Å². The number of carbonyl (C=O) groups excluding carboxylic acids is 1. The van der Waals surface area contributed by atoms with E-state index < -0.39 is 5.60 Å². The van der Waals surface area contributed by atoms with Gasteiger partial charge in [-0.1, -0.05) is 20.3 Å². The molecule has 4 atom stereocenters. The predicted molar refractivity (Wildman–Crippen MR) is 98.3 cm³/mol. The summed E-state index contributed by atoms with van der Waals surface area (Å²) in [5.41, 5.74) is -0.732. The summed E-state index contributed by atoms with van der Waals surface area (Å²) < 4.78 is 5.67. The first-order chi connectivity index (χ1) is 11.9. The van der Waals surface area contributed by atoms with Crippen LogP contribution < -0.4 is 0 Å². The van der Waals surface area contributed by atoms with Gasteiger partial charge in [0.15, 0.2) is 0 Å². The Labute approximate surface area is 152 Å². The Bertz CT molecular complexity index is 460. The maximum atomic E-state index is 13.5. The number of piperidine rings is 1. The molecule has 0 radical (unpaired) electrons. The van der Waals surface area contributed by atoms with Gasteiger partial charge in [0.2, 0.25) is 5.91 Å². The molecule has 0 aromatic heterocycles. The van der Waals surface area contributed by atoms with Crippen LogP contribution in [0.1, 0.15) is 59.3 Å². The molecule has 5 nitrogen and oxygen atoms in total. The zero-order chi connectivity index (χ0) is 18.0. The molecule has 3 saturated heterocycles. The van der Waals surface area contributed by atoms with Crippen molar-refractivity contribution in [3.63, 3.8) is 0 Å². The molecule has 1 N–H and O–H groups in total. The van der Waals surface area contributed by atoms with Crippen LogP contribution in [0.5, 0.6) is 0 Å². The number of likely N-dealkylation sites (tertiary alicyclic amines) is 2. The van der Waals surface area contributed by atoms with Gasteiger partial charge in [-0.2, -0.15) is 0 Å². The smallest absolute Gasteiger partial charge is 0.240 e. The summed E-state index contributed by atoms with van der Waals surface area (Å²) in [7, 11) is 0. The van der Waals surface area contributed by atoms with Crippen LogP contribution in [0, 0.1) is 11.8 Å². The second-order valence-corrected chi connectivity index (χ2v) is 8.82. The molecule has 3 heterocycles. The van der Waals surface area contributed by atoms with Crippen molar-refractivity contribution in [2.24, 2.45) is 11.8 Å². The number of carbonyl (C=O) groups is 1. The van der Waals surface area contributed by atoms with Crippen LogP contribution in [0.4, 0.5) is 0 Å². The fourth-order valence-corrected chi connectivity index (χ4v) is 5.09. The average molecular weight is 353 g/mol. The summed E-state index contributed by atoms with van der Waals surface area (Å²) in [5, 5.41) is 10.9. The van der Waals surface area contributed by atoms with Gasteiger partial charge in [-0.25, -0.2) is 0 Å². The minimum absolute atomic E-state index is 0.0182. The summed E-state index contributed by atoms with van der Waals surface area (Å²) in [6, 6.07) is 0.101. The van der Waals surface area contributed by atoms with Gasteiger partial charge in [-0.05, 0) is 58.0 Å². The first kappa shape index (κ1) is 19.1. The Morgan fingerprint density at radius 2 is 1.88 bits per heavy atom. The Morgan fingerprint density at radius 1 is 1.16 bits per heavy atom. The van der Waals surface area contributed by atoms with Gasteiger partial charge in [-0.3, -0.25) is 9.69 Å². The molecule has 0 bridgehead atoms. The van der Waals surface area contributed by atoms with Gasteiger partial charge in [0.05, 0.1) is 18.2 Å². The molecule has 4 unspecified atom stereocenters. The van der Waals surface area contributed by atoms with Gasteiger partial charge < -0.3 is 14.7 Å². The topological polar surface area (TPSA) is 53.0 Å². The summed E-state index contributed by atoms with van der Waals surface area (Å²) in [6.07, 6.45) is 6.37. The van der Waals surface area contributed by atoms with Gasteiger partial charge in [0, 0.05) is 25.1 Å². The van der Waals surface area contributed by atoms with Crippen molar-refractivity contribution in [1.82, 2.24) is 9.80 Å². The molecule has 0 aliphatic carbocycles. The highest BCUT2D eigenvalue weighted by Crippen LogP contribution is 2.36. The standard InChI is InChI=1S/C20H36N2O3/c1-15(2)18(21-10-5-4-6-11-21)19(23)22-12-7-8-17(22)16-14-25-13-9-20(16,3)24/h15-18,24H,4-14H2,1-3H3. The molecule has 144 valence electrons. The van der Waals surface area contributed by atoms with E-state index in [9.17, 15) is 9.90 Å². The number of nitrogens with zero attached hydrogens (tertiary/aromatic N) is 2. The summed E-state index contributed by atoms with van der Waals surface area (Å²) in [4.78, 5) is 18.0. The number of rotatable bonds is 4. The molecule has 0 aromatic carbocycles. The fraction of sp³-hybridized carbons (Fsp3) is 0.950. The van der Waals surface area contributed by atoms with E-state index in [1.807, 2.05) is 6.92 Å². The molecule has 3 rings (SSSR count). The van der Waals surface area contributed by atoms with Crippen molar-refractivity contribution < 1.29 is 14.6 Å². The lowest BCUT2D eigenvalue weighted by Gasteiger charge is -2.45. The quantitative estimate of drug-likeness (QED) is 0.843. The molecule has 0 aromatic rings. The molecule has 3 fully saturated rings. The monoisotopic (exact) mass is 352 g/mol. The molecule has 25 heavy (non-hydrogen) atoms. The molecule has 3 aliphatic rings. The van der Waals surface area contributed by atoms with E-state index in [0.717, 1.165) is 32.5 Å². The van der Waals surface area contributed by atoms with E-state index in [0.29, 0.717) is 25.6 Å². The van der Waals surface area contributed by atoms with Crippen molar-refractivity contribution in [2.75, 3.05) is 32.8 Å². The van der Waals surface area contributed by atoms with Gasteiger partial charge in [0.25, 0.3) is 0 Å². The number of ether oxygens (including phenoxy) is 1. The van der Waals surface area contributed by atoms with Crippen LogP contribution in [0.3, 0.4) is 0 Å². The minimum atomic E-state index is -0.732. The largest absolute Gasteiger partial charge is 0.390 e. The van der Waals surface area contributed by atoms with Crippen LogP contribution in [0.15, 0.2) is 0 Å². The highest BCUT2D eigenvalue weighted by Gasteiger charge is 2.47. The maximum Gasteiger partial charge on any atom is 0.240 e. The van der Waals surface area contributed by atoms with Crippen LogP contribution in [-0.2, 0) is 9.53 Å². The number of hydrogen-bond acceptors (Lipinski definition) is 4. The average Bonchev–Trinajstić information content (AvgIpc) is 3.04. The molecule has 3 aliphatic heterocycles. The van der Waals surface area contributed by atoms with E-state index in [4.69, 9.17) is 4.74 Å². The van der Waals surface area contributed by atoms with Gasteiger partial charge in [-0.15, -0.1) is 0 Å². The zero-order valence-corrected chi connectivity index (χ0v) is 16.2. The van der Waals surface area contributed by atoms with Crippen molar-refractivity contribution in [3.05, 3.63) is 0 Å². The number of hydrogen-bond donors (Lipinski definition) is 1. The second kappa shape index (κ2) is 7.93. The molecule has 0 spiro atoms. The van der Waals surface area contributed by atoms with E-state index >= 15 is 0 Å². The Morgan fingerprint density at radius 3 is 2.52 bits per heavy atom. The Kier molecular flexibility index (Phi) is 6.07. The Hall–Kier alpha value is -0.650. The second-order valence-electron chi connectivity index (χ2n) is 8.82. The lowest BCUT2D eigenvalue weighted by molar-refractivity contribution is -0.151. The van der Waals surface area contributed by atoms with Gasteiger partial charge >= 0.3 is 0 Å². The van der Waals surface area contributed by atoms with Crippen LogP contribution >= 0.6 is 0 Å². The fourth-order valence-electron chi connectivity index (χ4n) is 5.09. The molecular weight excluding hydrogens is 316 g/mol. The minimum Gasteiger partial charge on any atom is -0.390 e. The van der Waals surface area contributed by atoms with Gasteiger partial charge in [0.1, 0.15) is 0 Å². The first-order valence-electron chi connectivity index (χ1n) is 10.3. The molecule has 0 saturated carbocycles. The molecule has 5 heteroatoms. The highest BCUT2D eigenvalue weighted by atomic mass is 16.5. The van der Waals surface area contributed by atoms with E-state index in [1.165, 1.54) is 19.3 Å². The third kappa shape index (κ3) is 4.04. The van der Waals surface area contributed by atoms with E-state index in [-0.39, 0.29) is 23.9 Å². The number of aliphatic hydroxyl groups is 1. The van der Waals surface area contributed by atoms with Crippen LogP contribution in [0.2, 0.25) is 0 Å². The molecular formula is C20H36N2O3. The SMILES string of the molecule is CC(C)C(C(=O)N1CCCC1C1COCCC1(C)O)N1CCCCC1. The van der Waals surface area contributed by atoms with Crippen LogP contribution in [-0.4, -0.2) is 71.3 Å². The highest BCUT2D eigenvalue weighted by molar-refractivity contribution is 5.83. The lowest BCUT2D eigenvalue weighted by atomic mass is 9.79. The maximum absolute atomic E-state index is 13.5. The number of amides is 1. The summed E-state index contributed by atoms with van der Waals surface area (Å²) >= 11 is 0. The Balaban J connectivity index is 1.76. The van der Waals surface area contributed by atoms with Crippen molar-refractivity contribution in [3.8, 4) is 0 Å². The zero-order valence-electron chi connectivity index (χ0n) is 16.2. The first-order valence-corrected chi connectivity index (χ1v) is 10.3. The summed E-state index contributed by atoms with van der Waals surface area (Å²) in [6.45, 7) is 10.3. The summed E-state index contributed by atoms with van der Waals surface area (Å²) in [5.74, 6) is 0.623. The molecule has 1 amide bonds. The van der Waals surface area contributed by atoms with Crippen molar-refractivity contribution in [2.45, 2.75) is 77.0 Å². The van der Waals surface area contributed by atoms with Crippen LogP contribution in [0.25, 0.3) is 0 Å². The van der Waals surface area contributed by atoms with E-state index in [1.54, 1.807) is 0 Å². The predicted octanol–water partition coefficient (Wildman–Crippen LogP) is 2.28. The normalized spacial score (nSPS) is 36.0. The third-order valence-electron chi connectivity index (χ3n) is 6.56. The third-order valence-corrected chi connectivity index (χ3v) is 6.56.